The maximum atomic E-state index is 12.5. The molecule has 12 heteroatoms. The van der Waals surface area contributed by atoms with E-state index < -0.39 is 10.1 Å². The van der Waals surface area contributed by atoms with E-state index in [0.717, 1.165) is 26.4 Å². The Morgan fingerprint density at radius 1 is 0.850 bits per heavy atom. The molecule has 1 amide bonds. The van der Waals surface area contributed by atoms with E-state index in [-0.39, 0.29) is 17.0 Å². The van der Waals surface area contributed by atoms with Crippen molar-refractivity contribution in [2.45, 2.75) is 11.8 Å². The lowest BCUT2D eigenvalue weighted by Gasteiger charge is -2.10. The molecule has 2 aromatic heterocycles. The monoisotopic (exact) mass is 608 g/mol. The second kappa shape index (κ2) is 10.7. The summed E-state index contributed by atoms with van der Waals surface area (Å²) in [6.07, 6.45) is 0. The van der Waals surface area contributed by atoms with Crippen LogP contribution in [-0.2, 0) is 10.1 Å². The van der Waals surface area contributed by atoms with Gasteiger partial charge < -0.3 is 16.0 Å². The number of hydrogen-bond acceptors (Lipinski definition) is 8. The Morgan fingerprint density at radius 2 is 1.48 bits per heavy atom. The molecule has 4 aromatic carbocycles. The summed E-state index contributed by atoms with van der Waals surface area (Å²) in [6.45, 7) is 1.61. The van der Waals surface area contributed by atoms with Crippen molar-refractivity contribution >= 4 is 76.4 Å². The van der Waals surface area contributed by atoms with Crippen LogP contribution in [0.1, 0.15) is 15.9 Å². The molecular formula is C28H21ClN4O4S3. The molecule has 0 fully saturated rings. The lowest BCUT2D eigenvalue weighted by atomic mass is 10.2. The predicted octanol–water partition coefficient (Wildman–Crippen LogP) is 7.73. The van der Waals surface area contributed by atoms with Crippen LogP contribution < -0.4 is 11.5 Å². The fourth-order valence-corrected chi connectivity index (χ4v) is 7.60. The summed E-state index contributed by atoms with van der Waals surface area (Å²) in [6, 6.07) is 23.2. The Kier molecular flexibility index (Phi) is 7.44. The number of carbonyl (C=O) groups is 1. The molecule has 0 radical (unpaired) electrons. The van der Waals surface area contributed by atoms with Gasteiger partial charge in [0, 0.05) is 27.4 Å². The van der Waals surface area contributed by atoms with Crippen LogP contribution in [0.25, 0.3) is 41.6 Å². The smallest absolute Gasteiger partial charge is 0.255 e. The van der Waals surface area contributed by atoms with Crippen molar-refractivity contribution in [3.8, 4) is 21.1 Å². The van der Waals surface area contributed by atoms with Crippen LogP contribution in [-0.4, -0.2) is 28.8 Å². The van der Waals surface area contributed by atoms with Crippen molar-refractivity contribution < 1.29 is 17.8 Å². The Morgan fingerprint density at radius 3 is 2.17 bits per heavy atom. The summed E-state index contributed by atoms with van der Waals surface area (Å²) in [5.41, 5.74) is 4.59. The molecule has 6 aromatic rings. The van der Waals surface area contributed by atoms with Gasteiger partial charge in [-0.1, -0.05) is 17.7 Å². The van der Waals surface area contributed by atoms with Crippen LogP contribution in [0.2, 0.25) is 5.02 Å². The van der Waals surface area contributed by atoms with Gasteiger partial charge in [-0.05, 0) is 85.3 Å². The summed E-state index contributed by atoms with van der Waals surface area (Å²) in [7, 11) is -4.63. The van der Waals surface area contributed by atoms with Crippen molar-refractivity contribution in [2.24, 2.45) is 0 Å². The van der Waals surface area contributed by atoms with E-state index in [1.807, 2.05) is 42.5 Å². The molecule has 0 aliphatic carbocycles. The lowest BCUT2D eigenvalue weighted by molar-refractivity contribution is 0.102. The highest BCUT2D eigenvalue weighted by Gasteiger charge is 2.17. The first-order valence-corrected chi connectivity index (χ1v) is 15.0. The maximum Gasteiger partial charge on any atom is 0.255 e. The number of carbonyl (C=O) groups excluding carboxylic acids is 1. The van der Waals surface area contributed by atoms with E-state index in [9.17, 15) is 17.8 Å². The highest BCUT2D eigenvalue weighted by atomic mass is 35.5. The number of fused-ring (bicyclic) bond motifs is 2. The molecule has 0 spiro atoms. The highest BCUT2D eigenvalue weighted by molar-refractivity contribution is 7.86. The largest absolute Gasteiger partial charge is 0.744 e. The van der Waals surface area contributed by atoms with Crippen molar-refractivity contribution in [2.75, 3.05) is 5.32 Å². The molecule has 0 aliphatic heterocycles. The number of hydrogen-bond donors (Lipinski definition) is 2. The molecule has 0 saturated carbocycles. The average molecular weight is 609 g/mol. The molecule has 40 heavy (non-hydrogen) atoms. The van der Waals surface area contributed by atoms with Gasteiger partial charge in [0.2, 0.25) is 0 Å². The van der Waals surface area contributed by atoms with Crippen LogP contribution in [0, 0.1) is 6.92 Å². The Balaban J connectivity index is 0.00000323. The number of anilines is 1. The normalized spacial score (nSPS) is 11.5. The molecule has 6 rings (SSSR count). The lowest BCUT2D eigenvalue weighted by Crippen LogP contribution is -2.11. The minimum absolute atomic E-state index is 0. The molecule has 2 heterocycles. The fourth-order valence-electron chi connectivity index (χ4n) is 4.18. The number of thiazole rings is 2. The third kappa shape index (κ3) is 5.35. The van der Waals surface area contributed by atoms with E-state index in [4.69, 9.17) is 16.6 Å². The van der Waals surface area contributed by atoms with Crippen LogP contribution in [0.3, 0.4) is 0 Å². The summed E-state index contributed by atoms with van der Waals surface area (Å²) in [4.78, 5) is 21.6. The van der Waals surface area contributed by atoms with Gasteiger partial charge in [-0.15, -0.1) is 22.7 Å². The van der Waals surface area contributed by atoms with Crippen LogP contribution >= 0.6 is 34.3 Å². The Labute approximate surface area is 242 Å². The quantitative estimate of drug-likeness (QED) is 0.191. The van der Waals surface area contributed by atoms with E-state index in [2.05, 4.69) is 10.3 Å². The number of rotatable bonds is 5. The third-order valence-corrected chi connectivity index (χ3v) is 9.70. The molecule has 8 nitrogen and oxygen atoms in total. The SMILES string of the molecule is Cc1ccc2nc(-c3ccc4nc(-c5ccc(NC(=O)c6ccc(Cl)cc6)cc5)sc4c3)sc2c1S(=O)(=O)[O-].[NH4+]. The summed E-state index contributed by atoms with van der Waals surface area (Å²) in [5, 5.41) is 4.88. The van der Waals surface area contributed by atoms with Gasteiger partial charge in [0.25, 0.3) is 5.91 Å². The third-order valence-electron chi connectivity index (χ3n) is 6.09. The summed E-state index contributed by atoms with van der Waals surface area (Å²) >= 11 is 8.60. The first kappa shape index (κ1) is 27.8. The summed E-state index contributed by atoms with van der Waals surface area (Å²) < 4.78 is 36.9. The van der Waals surface area contributed by atoms with Crippen molar-refractivity contribution in [1.82, 2.24) is 16.1 Å². The number of aromatic nitrogens is 2. The first-order chi connectivity index (χ1) is 18.7. The number of nitrogens with one attached hydrogen (secondary N) is 1. The number of nitrogens with zero attached hydrogens (tertiary/aromatic N) is 2. The van der Waals surface area contributed by atoms with Gasteiger partial charge in [-0.25, -0.2) is 18.4 Å². The number of amides is 1. The van der Waals surface area contributed by atoms with E-state index in [1.165, 1.54) is 22.7 Å². The Bertz CT molecular complexity index is 2000. The van der Waals surface area contributed by atoms with Crippen molar-refractivity contribution in [1.29, 1.82) is 0 Å². The first-order valence-electron chi connectivity index (χ1n) is 11.6. The second-order valence-corrected chi connectivity index (χ2v) is 12.6. The topological polar surface area (TPSA) is 149 Å². The molecule has 0 atom stereocenters. The number of halogens is 1. The van der Waals surface area contributed by atoms with Gasteiger partial charge in [0.15, 0.2) is 0 Å². The fraction of sp³-hybridized carbons (Fsp3) is 0.0357. The van der Waals surface area contributed by atoms with E-state index in [1.54, 1.807) is 43.3 Å². The molecule has 5 N–H and O–H groups in total. The van der Waals surface area contributed by atoms with Gasteiger partial charge >= 0.3 is 0 Å². The molecule has 0 aliphatic rings. The van der Waals surface area contributed by atoms with E-state index >= 15 is 0 Å². The van der Waals surface area contributed by atoms with Gasteiger partial charge in [-0.2, -0.15) is 0 Å². The molecule has 0 saturated heterocycles. The van der Waals surface area contributed by atoms with E-state index in [0.29, 0.717) is 37.1 Å². The van der Waals surface area contributed by atoms with Gasteiger partial charge in [0.05, 0.1) is 25.3 Å². The molecular weight excluding hydrogens is 588 g/mol. The standard InChI is InChI=1S/C28H18ClN3O4S3.H3N/c1-15-2-12-22-24(25(15)39(34,35)36)38-28(32-22)18-7-13-21-23(14-18)37-27(31-21)17-5-10-20(11-6-17)30-26(33)16-3-8-19(29)9-4-16;/h2-14H,1H3,(H,30,33)(H,34,35,36);1H3. The zero-order valence-electron chi connectivity index (χ0n) is 21.1. The second-order valence-electron chi connectivity index (χ2n) is 8.77. The van der Waals surface area contributed by atoms with Crippen molar-refractivity contribution in [3.05, 3.63) is 95.0 Å². The number of benzene rings is 4. The van der Waals surface area contributed by atoms with Crippen LogP contribution in [0.15, 0.2) is 83.8 Å². The molecule has 0 unspecified atom stereocenters. The van der Waals surface area contributed by atoms with Gasteiger partial charge in [0.1, 0.15) is 20.1 Å². The minimum Gasteiger partial charge on any atom is -0.744 e. The maximum absolute atomic E-state index is 12.5. The summed E-state index contributed by atoms with van der Waals surface area (Å²) in [5.74, 6) is -0.225. The average Bonchev–Trinajstić information content (AvgIpc) is 3.52. The number of aryl methyl sites for hydroxylation is 1. The Hall–Kier alpha value is -3.71. The van der Waals surface area contributed by atoms with Crippen LogP contribution in [0.5, 0.6) is 0 Å². The van der Waals surface area contributed by atoms with Crippen molar-refractivity contribution in [3.63, 3.8) is 0 Å². The zero-order valence-corrected chi connectivity index (χ0v) is 24.3. The minimum atomic E-state index is -4.63. The molecule has 202 valence electrons. The predicted molar refractivity (Wildman–Crippen MR) is 162 cm³/mol. The molecule has 0 bridgehead atoms. The van der Waals surface area contributed by atoms with Gasteiger partial charge in [-0.3, -0.25) is 4.79 Å². The zero-order chi connectivity index (χ0) is 27.3. The number of quaternary nitrogens is 1. The highest BCUT2D eigenvalue weighted by Crippen LogP contribution is 2.38. The van der Waals surface area contributed by atoms with Crippen LogP contribution in [0.4, 0.5) is 5.69 Å².